The zero-order valence-corrected chi connectivity index (χ0v) is 15.9. The third-order valence-electron chi connectivity index (χ3n) is 4.39. The second kappa shape index (κ2) is 8.52. The number of hydrogen-bond acceptors (Lipinski definition) is 6. The van der Waals surface area contributed by atoms with E-state index in [1.54, 1.807) is 42.5 Å². The molecule has 1 amide bonds. The molecule has 3 aromatic rings. The zero-order chi connectivity index (χ0) is 20.9. The SMILES string of the molecule is O=C(Nc1ccc2c(c1)OCCCO2)c1cc([N+](=O)[O-])ccc1Oc1ccccc1. The molecule has 1 N–H and O–H groups in total. The molecule has 1 aliphatic heterocycles. The highest BCUT2D eigenvalue weighted by Crippen LogP contribution is 2.33. The van der Waals surface area contributed by atoms with Crippen LogP contribution in [0.3, 0.4) is 0 Å². The first kappa shape index (κ1) is 19.3. The van der Waals surface area contributed by atoms with E-state index in [0.29, 0.717) is 36.1 Å². The summed E-state index contributed by atoms with van der Waals surface area (Å²) in [5.41, 5.74) is 0.306. The van der Waals surface area contributed by atoms with Gasteiger partial charge in [-0.15, -0.1) is 0 Å². The van der Waals surface area contributed by atoms with Gasteiger partial charge in [-0.25, -0.2) is 0 Å². The van der Waals surface area contributed by atoms with E-state index in [2.05, 4.69) is 5.32 Å². The summed E-state index contributed by atoms with van der Waals surface area (Å²) in [6.07, 6.45) is 0.768. The highest BCUT2D eigenvalue weighted by molar-refractivity contribution is 6.06. The predicted molar refractivity (Wildman–Crippen MR) is 110 cm³/mol. The van der Waals surface area contributed by atoms with Crippen LogP contribution in [0.25, 0.3) is 0 Å². The van der Waals surface area contributed by atoms with Gasteiger partial charge < -0.3 is 19.5 Å². The number of para-hydroxylation sites is 1. The molecule has 0 aromatic heterocycles. The second-order valence-corrected chi connectivity index (χ2v) is 6.52. The first-order valence-corrected chi connectivity index (χ1v) is 9.32. The van der Waals surface area contributed by atoms with Gasteiger partial charge in [0.15, 0.2) is 11.5 Å². The van der Waals surface area contributed by atoms with Crippen LogP contribution in [0.4, 0.5) is 11.4 Å². The van der Waals surface area contributed by atoms with Crippen LogP contribution < -0.4 is 19.5 Å². The lowest BCUT2D eigenvalue weighted by Gasteiger charge is -2.13. The monoisotopic (exact) mass is 406 g/mol. The molecule has 1 aliphatic rings. The zero-order valence-electron chi connectivity index (χ0n) is 15.9. The molecule has 8 heteroatoms. The lowest BCUT2D eigenvalue weighted by molar-refractivity contribution is -0.384. The number of non-ortho nitro benzene ring substituents is 1. The second-order valence-electron chi connectivity index (χ2n) is 6.52. The number of nitro groups is 1. The predicted octanol–water partition coefficient (Wildman–Crippen LogP) is 4.80. The fourth-order valence-corrected chi connectivity index (χ4v) is 2.95. The Labute approximate surface area is 172 Å². The minimum absolute atomic E-state index is 0.0418. The van der Waals surface area contributed by atoms with E-state index in [9.17, 15) is 14.9 Å². The minimum Gasteiger partial charge on any atom is -0.490 e. The molecule has 0 saturated heterocycles. The van der Waals surface area contributed by atoms with Crippen LogP contribution in [0.5, 0.6) is 23.0 Å². The number of nitrogens with one attached hydrogen (secondary N) is 1. The van der Waals surface area contributed by atoms with Crippen LogP contribution in [-0.2, 0) is 0 Å². The van der Waals surface area contributed by atoms with Crippen LogP contribution in [0.15, 0.2) is 66.7 Å². The Kier molecular flexibility index (Phi) is 5.47. The van der Waals surface area contributed by atoms with E-state index < -0.39 is 10.8 Å². The lowest BCUT2D eigenvalue weighted by atomic mass is 10.1. The van der Waals surface area contributed by atoms with Crippen molar-refractivity contribution >= 4 is 17.3 Å². The molecule has 8 nitrogen and oxygen atoms in total. The van der Waals surface area contributed by atoms with Gasteiger partial charge in [-0.2, -0.15) is 0 Å². The van der Waals surface area contributed by atoms with Crippen molar-refractivity contribution in [2.75, 3.05) is 18.5 Å². The molecule has 4 rings (SSSR count). The Morgan fingerprint density at radius 2 is 1.73 bits per heavy atom. The normalized spacial score (nSPS) is 12.5. The summed E-state index contributed by atoms with van der Waals surface area (Å²) in [4.78, 5) is 23.6. The minimum atomic E-state index is -0.559. The molecule has 1 heterocycles. The van der Waals surface area contributed by atoms with Crippen molar-refractivity contribution < 1.29 is 23.9 Å². The number of carbonyl (C=O) groups is 1. The average Bonchev–Trinajstić information content (AvgIpc) is 2.99. The summed E-state index contributed by atoms with van der Waals surface area (Å²) >= 11 is 0. The summed E-state index contributed by atoms with van der Waals surface area (Å²) in [6.45, 7) is 1.08. The maximum absolute atomic E-state index is 13.0. The van der Waals surface area contributed by atoms with E-state index in [-0.39, 0.29) is 17.0 Å². The number of nitrogens with zero attached hydrogens (tertiary/aromatic N) is 1. The molecule has 3 aromatic carbocycles. The highest BCUT2D eigenvalue weighted by atomic mass is 16.6. The maximum Gasteiger partial charge on any atom is 0.270 e. The third-order valence-corrected chi connectivity index (χ3v) is 4.39. The van der Waals surface area contributed by atoms with Crippen molar-refractivity contribution in [3.05, 3.63) is 82.4 Å². The van der Waals surface area contributed by atoms with Crippen LogP contribution in [0.1, 0.15) is 16.8 Å². The fourth-order valence-electron chi connectivity index (χ4n) is 2.95. The van der Waals surface area contributed by atoms with Gasteiger partial charge in [-0.1, -0.05) is 18.2 Å². The number of ether oxygens (including phenoxy) is 3. The number of nitro benzene ring substituents is 1. The number of fused-ring (bicyclic) bond motifs is 1. The summed E-state index contributed by atoms with van der Waals surface area (Å²) in [5.74, 6) is 1.31. The Balaban J connectivity index is 1.62. The molecule has 0 unspecified atom stereocenters. The van der Waals surface area contributed by atoms with E-state index in [0.717, 1.165) is 6.42 Å². The van der Waals surface area contributed by atoms with E-state index in [1.807, 2.05) is 6.07 Å². The average molecular weight is 406 g/mol. The van der Waals surface area contributed by atoms with Crippen molar-refractivity contribution in [1.82, 2.24) is 0 Å². The molecular formula is C22H18N2O6. The largest absolute Gasteiger partial charge is 0.490 e. The molecule has 30 heavy (non-hydrogen) atoms. The molecule has 0 atom stereocenters. The molecule has 0 fully saturated rings. The number of anilines is 1. The van der Waals surface area contributed by atoms with Crippen molar-refractivity contribution in [3.8, 4) is 23.0 Å². The molecule has 0 spiro atoms. The van der Waals surface area contributed by atoms with Gasteiger partial charge in [0.25, 0.3) is 11.6 Å². The number of carbonyl (C=O) groups excluding carboxylic acids is 1. The van der Waals surface area contributed by atoms with Gasteiger partial charge in [-0.05, 0) is 30.3 Å². The van der Waals surface area contributed by atoms with Gasteiger partial charge in [0, 0.05) is 30.3 Å². The van der Waals surface area contributed by atoms with Crippen molar-refractivity contribution in [3.63, 3.8) is 0 Å². The highest BCUT2D eigenvalue weighted by Gasteiger charge is 2.20. The van der Waals surface area contributed by atoms with Gasteiger partial charge >= 0.3 is 0 Å². The number of amides is 1. The molecule has 0 bridgehead atoms. The van der Waals surface area contributed by atoms with Crippen molar-refractivity contribution in [1.29, 1.82) is 0 Å². The van der Waals surface area contributed by atoms with E-state index in [1.165, 1.54) is 18.2 Å². The number of benzene rings is 3. The number of rotatable bonds is 5. The summed E-state index contributed by atoms with van der Waals surface area (Å²) in [7, 11) is 0. The molecular weight excluding hydrogens is 388 g/mol. The quantitative estimate of drug-likeness (QED) is 0.483. The lowest BCUT2D eigenvalue weighted by Crippen LogP contribution is -2.13. The Morgan fingerprint density at radius 1 is 0.967 bits per heavy atom. The van der Waals surface area contributed by atoms with Crippen molar-refractivity contribution in [2.45, 2.75) is 6.42 Å². The topological polar surface area (TPSA) is 99.9 Å². The van der Waals surface area contributed by atoms with Crippen LogP contribution in [-0.4, -0.2) is 24.0 Å². The first-order valence-electron chi connectivity index (χ1n) is 9.32. The summed E-state index contributed by atoms with van der Waals surface area (Å²) in [6, 6.07) is 17.8. The Bertz CT molecular complexity index is 1080. The summed E-state index contributed by atoms with van der Waals surface area (Å²) < 4.78 is 17.0. The van der Waals surface area contributed by atoms with E-state index >= 15 is 0 Å². The van der Waals surface area contributed by atoms with Gasteiger partial charge in [0.2, 0.25) is 0 Å². The Morgan fingerprint density at radius 3 is 2.50 bits per heavy atom. The van der Waals surface area contributed by atoms with Crippen LogP contribution in [0.2, 0.25) is 0 Å². The van der Waals surface area contributed by atoms with Crippen molar-refractivity contribution in [2.24, 2.45) is 0 Å². The van der Waals surface area contributed by atoms with E-state index in [4.69, 9.17) is 14.2 Å². The first-order chi connectivity index (χ1) is 14.6. The standard InChI is InChI=1S/C22H18N2O6/c25-22(23-15-7-9-20-21(13-15)29-12-4-11-28-20)18-14-16(24(26)27)8-10-19(18)30-17-5-2-1-3-6-17/h1-3,5-10,13-14H,4,11-12H2,(H,23,25). The molecule has 0 radical (unpaired) electrons. The third kappa shape index (κ3) is 4.33. The molecule has 0 saturated carbocycles. The smallest absolute Gasteiger partial charge is 0.270 e. The number of hydrogen-bond donors (Lipinski definition) is 1. The van der Waals surface area contributed by atoms with Crippen LogP contribution >= 0.6 is 0 Å². The van der Waals surface area contributed by atoms with Gasteiger partial charge in [0.1, 0.15) is 11.5 Å². The Hall–Kier alpha value is -4.07. The van der Waals surface area contributed by atoms with Gasteiger partial charge in [-0.3, -0.25) is 14.9 Å². The van der Waals surface area contributed by atoms with Gasteiger partial charge in [0.05, 0.1) is 23.7 Å². The van der Waals surface area contributed by atoms with Crippen LogP contribution in [0, 0.1) is 10.1 Å². The fraction of sp³-hybridized carbons (Fsp3) is 0.136. The molecule has 0 aliphatic carbocycles. The molecule has 152 valence electrons. The summed E-state index contributed by atoms with van der Waals surface area (Å²) in [5, 5.41) is 13.9. The maximum atomic E-state index is 13.0.